The standard InChI is InChI=1S/C7H8N4O/c1-5(12-2)11-7-6(3-8)9-4-10-7/h4H,1-2H3,(H,9,10)/b11-5+. The lowest BCUT2D eigenvalue weighted by Crippen LogP contribution is -1.92. The Morgan fingerprint density at radius 2 is 2.58 bits per heavy atom. The summed E-state index contributed by atoms with van der Waals surface area (Å²) in [7, 11) is 1.51. The number of imidazole rings is 1. The lowest BCUT2D eigenvalue weighted by atomic mass is 10.5. The molecule has 0 unspecified atom stereocenters. The Morgan fingerprint density at radius 3 is 3.17 bits per heavy atom. The SMILES string of the molecule is CO/C(C)=N/c1nc[nH]c1C#N. The number of ether oxygens (including phenoxy) is 1. The molecule has 1 heterocycles. The van der Waals surface area contributed by atoms with E-state index in [9.17, 15) is 0 Å². The fourth-order valence-electron chi connectivity index (χ4n) is 0.649. The summed E-state index contributed by atoms with van der Waals surface area (Å²) in [5.74, 6) is 0.829. The number of hydrogen-bond donors (Lipinski definition) is 1. The molecule has 12 heavy (non-hydrogen) atoms. The minimum absolute atomic E-state index is 0.339. The summed E-state index contributed by atoms with van der Waals surface area (Å²) >= 11 is 0. The first-order chi connectivity index (χ1) is 5.77. The van der Waals surface area contributed by atoms with E-state index in [4.69, 9.17) is 10.00 Å². The van der Waals surface area contributed by atoms with Crippen molar-refractivity contribution in [1.82, 2.24) is 9.97 Å². The largest absolute Gasteiger partial charge is 0.484 e. The quantitative estimate of drug-likeness (QED) is 0.496. The maximum Gasteiger partial charge on any atom is 0.191 e. The van der Waals surface area contributed by atoms with Crippen molar-refractivity contribution < 1.29 is 4.74 Å². The first-order valence-corrected chi connectivity index (χ1v) is 3.30. The second kappa shape index (κ2) is 3.53. The minimum Gasteiger partial charge on any atom is -0.484 e. The number of nitriles is 1. The second-order valence-corrected chi connectivity index (χ2v) is 2.05. The number of nitrogens with one attached hydrogen (secondary N) is 1. The van der Waals surface area contributed by atoms with Gasteiger partial charge in [0.25, 0.3) is 0 Å². The van der Waals surface area contributed by atoms with Crippen LogP contribution in [0.25, 0.3) is 0 Å². The minimum atomic E-state index is 0.339. The monoisotopic (exact) mass is 164 g/mol. The van der Waals surface area contributed by atoms with Crippen LogP contribution < -0.4 is 0 Å². The molecule has 0 aromatic carbocycles. The molecule has 1 rings (SSSR count). The van der Waals surface area contributed by atoms with Gasteiger partial charge in [-0.2, -0.15) is 10.3 Å². The summed E-state index contributed by atoms with van der Waals surface area (Å²) in [4.78, 5) is 10.4. The van der Waals surface area contributed by atoms with Gasteiger partial charge in [-0.25, -0.2) is 4.98 Å². The molecule has 1 aromatic heterocycles. The Kier molecular flexibility index (Phi) is 2.43. The van der Waals surface area contributed by atoms with Crippen molar-refractivity contribution in [2.75, 3.05) is 7.11 Å². The van der Waals surface area contributed by atoms with Gasteiger partial charge in [0.2, 0.25) is 0 Å². The van der Waals surface area contributed by atoms with E-state index < -0.39 is 0 Å². The van der Waals surface area contributed by atoms with E-state index in [1.807, 2.05) is 6.07 Å². The Bertz CT molecular complexity index is 333. The number of aromatic amines is 1. The topological polar surface area (TPSA) is 74.1 Å². The molecule has 5 nitrogen and oxygen atoms in total. The van der Waals surface area contributed by atoms with Gasteiger partial charge in [-0.15, -0.1) is 0 Å². The van der Waals surface area contributed by atoms with Crippen molar-refractivity contribution in [3.05, 3.63) is 12.0 Å². The molecule has 0 aliphatic carbocycles. The molecule has 62 valence electrons. The zero-order valence-corrected chi connectivity index (χ0v) is 6.83. The van der Waals surface area contributed by atoms with Gasteiger partial charge in [0, 0.05) is 6.92 Å². The van der Waals surface area contributed by atoms with Crippen LogP contribution in [0.3, 0.4) is 0 Å². The van der Waals surface area contributed by atoms with Crippen molar-refractivity contribution in [2.45, 2.75) is 6.92 Å². The van der Waals surface area contributed by atoms with E-state index in [1.165, 1.54) is 13.4 Å². The number of nitrogens with zero attached hydrogens (tertiary/aromatic N) is 3. The highest BCUT2D eigenvalue weighted by Crippen LogP contribution is 2.11. The van der Waals surface area contributed by atoms with E-state index in [0.29, 0.717) is 17.4 Å². The number of H-pyrrole nitrogens is 1. The van der Waals surface area contributed by atoms with Crippen LogP contribution in [-0.2, 0) is 4.74 Å². The van der Waals surface area contributed by atoms with Crippen molar-refractivity contribution in [3.8, 4) is 6.07 Å². The highest BCUT2D eigenvalue weighted by atomic mass is 16.5. The van der Waals surface area contributed by atoms with E-state index >= 15 is 0 Å². The molecule has 0 atom stereocenters. The summed E-state index contributed by atoms with van der Waals surface area (Å²) in [6.45, 7) is 1.69. The summed E-state index contributed by atoms with van der Waals surface area (Å²) in [5.41, 5.74) is 0.339. The molecule has 0 aliphatic heterocycles. The van der Waals surface area contributed by atoms with Gasteiger partial charge >= 0.3 is 0 Å². The maximum absolute atomic E-state index is 8.56. The van der Waals surface area contributed by atoms with Crippen LogP contribution in [0.15, 0.2) is 11.3 Å². The lowest BCUT2D eigenvalue weighted by Gasteiger charge is -1.94. The molecule has 0 spiro atoms. The predicted octanol–water partition coefficient (Wildman–Crippen LogP) is 0.978. The molecule has 0 bridgehead atoms. The first kappa shape index (κ1) is 8.27. The molecule has 0 amide bonds. The van der Waals surface area contributed by atoms with Gasteiger partial charge < -0.3 is 9.72 Å². The van der Waals surface area contributed by atoms with E-state index in [-0.39, 0.29) is 0 Å². The number of methoxy groups -OCH3 is 1. The summed E-state index contributed by atoms with van der Waals surface area (Å²) in [5, 5.41) is 8.56. The molecule has 1 N–H and O–H groups in total. The van der Waals surface area contributed by atoms with Crippen molar-refractivity contribution in [2.24, 2.45) is 4.99 Å². The fourth-order valence-corrected chi connectivity index (χ4v) is 0.649. The van der Waals surface area contributed by atoms with Crippen LogP contribution in [0.5, 0.6) is 0 Å². The Hall–Kier alpha value is -1.83. The molecule has 0 saturated carbocycles. The van der Waals surface area contributed by atoms with Gasteiger partial charge in [0.15, 0.2) is 17.4 Å². The van der Waals surface area contributed by atoms with Crippen LogP contribution in [0.2, 0.25) is 0 Å². The molecule has 1 aromatic rings. The second-order valence-electron chi connectivity index (χ2n) is 2.05. The van der Waals surface area contributed by atoms with Crippen LogP contribution >= 0.6 is 0 Å². The summed E-state index contributed by atoms with van der Waals surface area (Å²) in [6.07, 6.45) is 1.42. The van der Waals surface area contributed by atoms with Crippen molar-refractivity contribution in [3.63, 3.8) is 0 Å². The first-order valence-electron chi connectivity index (χ1n) is 3.30. The van der Waals surface area contributed by atoms with Crippen LogP contribution in [0, 0.1) is 11.3 Å². The van der Waals surface area contributed by atoms with E-state index in [2.05, 4.69) is 15.0 Å². The molecule has 0 fully saturated rings. The zero-order valence-electron chi connectivity index (χ0n) is 6.83. The van der Waals surface area contributed by atoms with E-state index in [1.54, 1.807) is 6.92 Å². The number of rotatable bonds is 1. The number of hydrogen-bond acceptors (Lipinski definition) is 4. The highest BCUT2D eigenvalue weighted by molar-refractivity contribution is 5.76. The Balaban J connectivity index is 2.97. The van der Waals surface area contributed by atoms with Crippen molar-refractivity contribution >= 4 is 11.7 Å². The molecule has 0 saturated heterocycles. The Labute approximate surface area is 69.7 Å². The number of aromatic nitrogens is 2. The molecule has 5 heteroatoms. The zero-order chi connectivity index (χ0) is 8.97. The van der Waals surface area contributed by atoms with Crippen LogP contribution in [0.1, 0.15) is 12.6 Å². The van der Waals surface area contributed by atoms with Crippen molar-refractivity contribution in [1.29, 1.82) is 5.26 Å². The maximum atomic E-state index is 8.56. The van der Waals surface area contributed by atoms with Gasteiger partial charge in [-0.05, 0) is 0 Å². The summed E-state index contributed by atoms with van der Waals surface area (Å²) in [6, 6.07) is 1.92. The third kappa shape index (κ3) is 1.61. The number of aliphatic imine (C=N–C) groups is 1. The van der Waals surface area contributed by atoms with Gasteiger partial charge in [0.05, 0.1) is 13.4 Å². The highest BCUT2D eigenvalue weighted by Gasteiger charge is 2.02. The van der Waals surface area contributed by atoms with Gasteiger partial charge in [-0.3, -0.25) is 0 Å². The van der Waals surface area contributed by atoms with E-state index in [0.717, 1.165) is 0 Å². The smallest absolute Gasteiger partial charge is 0.191 e. The van der Waals surface area contributed by atoms with Crippen LogP contribution in [-0.4, -0.2) is 23.0 Å². The molecular formula is C7H8N4O. The lowest BCUT2D eigenvalue weighted by molar-refractivity contribution is 0.400. The molecule has 0 aliphatic rings. The Morgan fingerprint density at radius 1 is 1.83 bits per heavy atom. The third-order valence-electron chi connectivity index (χ3n) is 1.29. The van der Waals surface area contributed by atoms with Crippen LogP contribution in [0.4, 0.5) is 5.82 Å². The summed E-state index contributed by atoms with van der Waals surface area (Å²) < 4.78 is 4.81. The molecular weight excluding hydrogens is 156 g/mol. The predicted molar refractivity (Wildman–Crippen MR) is 43.1 cm³/mol. The van der Waals surface area contributed by atoms with Gasteiger partial charge in [0.1, 0.15) is 6.07 Å². The average Bonchev–Trinajstić information content (AvgIpc) is 2.51. The molecule has 0 radical (unpaired) electrons. The van der Waals surface area contributed by atoms with Gasteiger partial charge in [-0.1, -0.05) is 0 Å². The normalized spacial score (nSPS) is 10.9. The average molecular weight is 164 g/mol. The fraction of sp³-hybridized carbons (Fsp3) is 0.286. The third-order valence-corrected chi connectivity index (χ3v) is 1.29.